The molecule has 0 radical (unpaired) electrons. The monoisotopic (exact) mass is 330 g/mol. The Bertz CT molecular complexity index is 700. The van der Waals surface area contributed by atoms with Crippen LogP contribution in [0.5, 0.6) is 0 Å². The van der Waals surface area contributed by atoms with Gasteiger partial charge in [-0.1, -0.05) is 41.9 Å². The Hall–Kier alpha value is -2.66. The van der Waals surface area contributed by atoms with Crippen molar-refractivity contribution in [3.8, 4) is 0 Å². The fourth-order valence-electron chi connectivity index (χ4n) is 1.67. The van der Waals surface area contributed by atoms with E-state index in [4.69, 9.17) is 16.3 Å². The van der Waals surface area contributed by atoms with Gasteiger partial charge in [0.1, 0.15) is 5.82 Å². The highest BCUT2D eigenvalue weighted by Crippen LogP contribution is 2.10. The minimum absolute atomic E-state index is 0.335. The van der Waals surface area contributed by atoms with Gasteiger partial charge in [0.05, 0.1) is 5.02 Å². The van der Waals surface area contributed by atoms with Crippen LogP contribution in [-0.4, -0.2) is 23.0 Å². The molecule has 1 aromatic heterocycles. The second-order valence-electron chi connectivity index (χ2n) is 4.67. The number of anilines is 1. The van der Waals surface area contributed by atoms with Gasteiger partial charge >= 0.3 is 5.97 Å². The summed E-state index contributed by atoms with van der Waals surface area (Å²) >= 11 is 5.71. The van der Waals surface area contributed by atoms with Gasteiger partial charge in [-0.3, -0.25) is 4.79 Å². The lowest BCUT2D eigenvalue weighted by Gasteiger charge is -2.11. The van der Waals surface area contributed by atoms with Crippen molar-refractivity contribution < 1.29 is 14.3 Å². The van der Waals surface area contributed by atoms with E-state index in [-0.39, 0.29) is 0 Å². The van der Waals surface area contributed by atoms with Crippen molar-refractivity contribution in [2.24, 2.45) is 0 Å². The number of rotatable bonds is 5. The molecule has 0 aliphatic rings. The molecule has 1 heterocycles. The van der Waals surface area contributed by atoms with E-state index in [0.717, 1.165) is 5.56 Å². The zero-order valence-electron chi connectivity index (χ0n) is 12.4. The van der Waals surface area contributed by atoms with Gasteiger partial charge in [-0.15, -0.1) is 0 Å². The molecule has 0 aliphatic carbocycles. The summed E-state index contributed by atoms with van der Waals surface area (Å²) in [7, 11) is 0. The van der Waals surface area contributed by atoms with Crippen LogP contribution in [0.2, 0.25) is 5.02 Å². The van der Waals surface area contributed by atoms with Gasteiger partial charge < -0.3 is 10.1 Å². The molecular weight excluding hydrogens is 316 g/mol. The van der Waals surface area contributed by atoms with E-state index in [2.05, 4.69) is 10.3 Å². The first kappa shape index (κ1) is 16.7. The summed E-state index contributed by atoms with van der Waals surface area (Å²) in [5.41, 5.74) is 0.868. The zero-order chi connectivity index (χ0) is 16.7. The van der Waals surface area contributed by atoms with Crippen molar-refractivity contribution in [3.05, 3.63) is 65.3 Å². The normalized spacial score (nSPS) is 11.9. The fourth-order valence-corrected chi connectivity index (χ4v) is 1.78. The molecule has 118 valence electrons. The number of nitrogens with zero attached hydrogens (tertiary/aromatic N) is 1. The number of benzene rings is 1. The van der Waals surface area contributed by atoms with Crippen LogP contribution in [0.3, 0.4) is 0 Å². The maximum absolute atomic E-state index is 11.9. The van der Waals surface area contributed by atoms with Crippen LogP contribution < -0.4 is 5.32 Å². The molecule has 6 heteroatoms. The van der Waals surface area contributed by atoms with E-state index < -0.39 is 18.0 Å². The van der Waals surface area contributed by atoms with Gasteiger partial charge in [0.15, 0.2) is 6.10 Å². The van der Waals surface area contributed by atoms with E-state index in [1.807, 2.05) is 30.3 Å². The molecule has 0 aliphatic heterocycles. The Morgan fingerprint density at radius 3 is 2.61 bits per heavy atom. The minimum atomic E-state index is -0.944. The Balaban J connectivity index is 1.86. The SMILES string of the molecule is C[C@H](OC(=O)/C=C/c1ccccc1)C(=O)Nc1ccc(Cl)cn1. The average Bonchev–Trinajstić information content (AvgIpc) is 2.56. The zero-order valence-corrected chi connectivity index (χ0v) is 13.2. The highest BCUT2D eigenvalue weighted by atomic mass is 35.5. The molecule has 1 aromatic carbocycles. The molecule has 0 fully saturated rings. The number of esters is 1. The quantitative estimate of drug-likeness (QED) is 0.674. The van der Waals surface area contributed by atoms with E-state index in [1.165, 1.54) is 19.2 Å². The number of ether oxygens (including phenoxy) is 1. The van der Waals surface area contributed by atoms with E-state index in [0.29, 0.717) is 10.8 Å². The summed E-state index contributed by atoms with van der Waals surface area (Å²) in [6.07, 6.45) is 3.37. The third kappa shape index (κ3) is 5.56. The third-order valence-electron chi connectivity index (χ3n) is 2.85. The van der Waals surface area contributed by atoms with Crippen molar-refractivity contribution in [1.29, 1.82) is 0 Å². The highest BCUT2D eigenvalue weighted by molar-refractivity contribution is 6.30. The van der Waals surface area contributed by atoms with Gasteiger partial charge in [-0.25, -0.2) is 9.78 Å². The van der Waals surface area contributed by atoms with Crippen molar-refractivity contribution in [2.75, 3.05) is 5.32 Å². The molecule has 0 saturated heterocycles. The molecule has 2 rings (SSSR count). The van der Waals surface area contributed by atoms with Crippen LogP contribution in [-0.2, 0) is 14.3 Å². The summed E-state index contributed by atoms with van der Waals surface area (Å²) in [5.74, 6) is -0.732. The maximum atomic E-state index is 11.9. The number of halogens is 1. The van der Waals surface area contributed by atoms with Gasteiger partial charge in [0.2, 0.25) is 0 Å². The minimum Gasteiger partial charge on any atom is -0.449 e. The first-order valence-corrected chi connectivity index (χ1v) is 7.28. The second-order valence-corrected chi connectivity index (χ2v) is 5.11. The molecular formula is C17H15ClN2O3. The molecule has 2 aromatic rings. The highest BCUT2D eigenvalue weighted by Gasteiger charge is 2.17. The van der Waals surface area contributed by atoms with Crippen molar-refractivity contribution in [2.45, 2.75) is 13.0 Å². The number of nitrogens with one attached hydrogen (secondary N) is 1. The van der Waals surface area contributed by atoms with Crippen molar-refractivity contribution in [3.63, 3.8) is 0 Å². The van der Waals surface area contributed by atoms with E-state index in [9.17, 15) is 9.59 Å². The number of carbonyl (C=O) groups excluding carboxylic acids is 2. The molecule has 1 N–H and O–H groups in total. The number of hydrogen-bond donors (Lipinski definition) is 1. The Morgan fingerprint density at radius 2 is 1.96 bits per heavy atom. The summed E-state index contributed by atoms with van der Waals surface area (Å²) in [6.45, 7) is 1.49. The predicted molar refractivity (Wildman–Crippen MR) is 88.9 cm³/mol. The number of amides is 1. The number of pyridine rings is 1. The molecule has 23 heavy (non-hydrogen) atoms. The van der Waals surface area contributed by atoms with Crippen molar-refractivity contribution in [1.82, 2.24) is 4.98 Å². The lowest BCUT2D eigenvalue weighted by atomic mass is 10.2. The van der Waals surface area contributed by atoms with Crippen LogP contribution in [0.25, 0.3) is 6.08 Å². The Morgan fingerprint density at radius 1 is 1.22 bits per heavy atom. The lowest BCUT2D eigenvalue weighted by Crippen LogP contribution is -2.29. The second kappa shape index (κ2) is 8.10. The molecule has 0 bridgehead atoms. The molecule has 1 atom stereocenters. The van der Waals surface area contributed by atoms with Gasteiger partial charge in [0, 0.05) is 12.3 Å². The summed E-state index contributed by atoms with van der Waals surface area (Å²) in [4.78, 5) is 27.6. The topological polar surface area (TPSA) is 68.3 Å². The lowest BCUT2D eigenvalue weighted by molar-refractivity contribution is -0.148. The van der Waals surface area contributed by atoms with E-state index >= 15 is 0 Å². The molecule has 0 spiro atoms. The van der Waals surface area contributed by atoms with Crippen LogP contribution in [0, 0.1) is 0 Å². The van der Waals surface area contributed by atoms with Crippen LogP contribution in [0.4, 0.5) is 5.82 Å². The van der Waals surface area contributed by atoms with Crippen molar-refractivity contribution >= 4 is 35.4 Å². The fraction of sp³-hybridized carbons (Fsp3) is 0.118. The Kier molecular flexibility index (Phi) is 5.88. The average molecular weight is 331 g/mol. The van der Waals surface area contributed by atoms with E-state index in [1.54, 1.807) is 18.2 Å². The first-order valence-electron chi connectivity index (χ1n) is 6.91. The standard InChI is InChI=1S/C17H15ClN2O3/c1-12(17(22)20-15-9-8-14(18)11-19-15)23-16(21)10-7-13-5-3-2-4-6-13/h2-12H,1H3,(H,19,20,22)/b10-7+/t12-/m0/s1. The van der Waals surface area contributed by atoms with Crippen LogP contribution in [0.15, 0.2) is 54.7 Å². The number of aromatic nitrogens is 1. The smallest absolute Gasteiger partial charge is 0.331 e. The van der Waals surface area contributed by atoms with Gasteiger partial charge in [-0.2, -0.15) is 0 Å². The number of hydrogen-bond acceptors (Lipinski definition) is 4. The summed E-state index contributed by atoms with van der Waals surface area (Å²) in [5, 5.41) is 3.00. The van der Waals surface area contributed by atoms with Gasteiger partial charge in [-0.05, 0) is 30.7 Å². The molecule has 0 saturated carbocycles. The maximum Gasteiger partial charge on any atom is 0.331 e. The van der Waals surface area contributed by atoms with Crippen LogP contribution in [0.1, 0.15) is 12.5 Å². The van der Waals surface area contributed by atoms with Gasteiger partial charge in [0.25, 0.3) is 5.91 Å². The third-order valence-corrected chi connectivity index (χ3v) is 3.08. The summed E-state index contributed by atoms with van der Waals surface area (Å²) in [6, 6.07) is 12.5. The molecule has 0 unspecified atom stereocenters. The van der Waals surface area contributed by atoms with Crippen LogP contribution >= 0.6 is 11.6 Å². The Labute approximate surface area is 138 Å². The number of carbonyl (C=O) groups is 2. The predicted octanol–water partition coefficient (Wildman–Crippen LogP) is 3.32. The summed E-state index contributed by atoms with van der Waals surface area (Å²) < 4.78 is 5.04. The first-order chi connectivity index (χ1) is 11.0. The largest absolute Gasteiger partial charge is 0.449 e. The molecule has 1 amide bonds. The molecule has 5 nitrogen and oxygen atoms in total.